The molecule has 0 unspecified atom stereocenters. The first-order chi connectivity index (χ1) is 16.0. The van der Waals surface area contributed by atoms with Crippen molar-refractivity contribution in [1.82, 2.24) is 14.8 Å². The van der Waals surface area contributed by atoms with E-state index in [0.29, 0.717) is 30.2 Å². The molecular formula is C23H27N5O4S. The average molecular weight is 470 g/mol. The molecular weight excluding hydrogens is 442 g/mol. The number of aromatic nitrogens is 3. The van der Waals surface area contributed by atoms with E-state index in [1.165, 1.54) is 23.5 Å². The van der Waals surface area contributed by atoms with E-state index in [1.807, 2.05) is 0 Å². The summed E-state index contributed by atoms with van der Waals surface area (Å²) in [5, 5.41) is 21.0. The van der Waals surface area contributed by atoms with E-state index in [4.69, 9.17) is 9.47 Å². The molecule has 0 radical (unpaired) electrons. The van der Waals surface area contributed by atoms with Crippen molar-refractivity contribution in [3.05, 3.63) is 57.6 Å². The van der Waals surface area contributed by atoms with E-state index < -0.39 is 4.92 Å². The first-order valence-electron chi connectivity index (χ1n) is 11.0. The Balaban J connectivity index is 1.58. The summed E-state index contributed by atoms with van der Waals surface area (Å²) in [4.78, 5) is 13.3. The van der Waals surface area contributed by atoms with Gasteiger partial charge in [-0.15, -0.1) is 10.2 Å². The van der Waals surface area contributed by atoms with Gasteiger partial charge >= 0.3 is 0 Å². The van der Waals surface area contributed by atoms with Gasteiger partial charge in [-0.3, -0.25) is 10.1 Å². The maximum atomic E-state index is 11.4. The molecule has 2 aromatic carbocycles. The second-order valence-corrected chi connectivity index (χ2v) is 8.46. The van der Waals surface area contributed by atoms with E-state index in [9.17, 15) is 10.1 Å². The predicted molar refractivity (Wildman–Crippen MR) is 128 cm³/mol. The van der Waals surface area contributed by atoms with Crippen LogP contribution in [0.15, 0.2) is 41.6 Å². The molecule has 4 rings (SSSR count). The minimum atomic E-state index is -0.391. The number of ether oxygens (including phenoxy) is 2. The number of non-ortho nitro benzene ring substituents is 1. The van der Waals surface area contributed by atoms with Crippen molar-refractivity contribution in [3.8, 4) is 17.1 Å². The van der Waals surface area contributed by atoms with Crippen molar-refractivity contribution in [2.75, 3.05) is 24.8 Å². The Morgan fingerprint density at radius 2 is 1.91 bits per heavy atom. The van der Waals surface area contributed by atoms with Gasteiger partial charge in [0, 0.05) is 59.9 Å². The molecule has 2 heterocycles. The summed E-state index contributed by atoms with van der Waals surface area (Å²) in [6.45, 7) is 9.40. The highest BCUT2D eigenvalue weighted by molar-refractivity contribution is 7.98. The Morgan fingerprint density at radius 3 is 2.58 bits per heavy atom. The molecule has 0 saturated carbocycles. The number of hydrogen-bond acceptors (Lipinski definition) is 8. The maximum absolute atomic E-state index is 11.4. The van der Waals surface area contributed by atoms with Gasteiger partial charge in [0.15, 0.2) is 17.8 Å². The molecule has 10 heteroatoms. The molecule has 0 amide bonds. The molecule has 0 N–H and O–H groups in total. The van der Waals surface area contributed by atoms with Gasteiger partial charge in [0.2, 0.25) is 0 Å². The van der Waals surface area contributed by atoms with Gasteiger partial charge in [-0.1, -0.05) is 11.8 Å². The molecule has 0 saturated heterocycles. The summed E-state index contributed by atoms with van der Waals surface area (Å²) in [5.41, 5.74) is 3.66. The fourth-order valence-electron chi connectivity index (χ4n) is 3.94. The van der Waals surface area contributed by atoms with Gasteiger partial charge < -0.3 is 18.9 Å². The van der Waals surface area contributed by atoms with Crippen LogP contribution in [0.1, 0.15) is 31.9 Å². The van der Waals surface area contributed by atoms with Gasteiger partial charge in [-0.05, 0) is 45.0 Å². The highest BCUT2D eigenvalue weighted by Gasteiger charge is 2.22. The second kappa shape index (κ2) is 10.2. The average Bonchev–Trinajstić information content (AvgIpc) is 3.26. The van der Waals surface area contributed by atoms with Gasteiger partial charge in [0.1, 0.15) is 5.75 Å². The molecule has 174 valence electrons. The number of anilines is 1. The van der Waals surface area contributed by atoms with Crippen molar-refractivity contribution in [2.24, 2.45) is 0 Å². The molecule has 9 nitrogen and oxygen atoms in total. The highest BCUT2D eigenvalue weighted by atomic mass is 32.2. The fourth-order valence-corrected chi connectivity index (χ4v) is 4.91. The topological polar surface area (TPSA) is 95.6 Å². The summed E-state index contributed by atoms with van der Waals surface area (Å²) >= 11 is 1.49. The van der Waals surface area contributed by atoms with Crippen molar-refractivity contribution >= 4 is 23.1 Å². The number of nitro benzene ring substituents is 1. The Bertz CT molecular complexity index is 1130. The number of rotatable bonds is 9. The van der Waals surface area contributed by atoms with Crippen molar-refractivity contribution in [3.63, 3.8) is 0 Å². The zero-order valence-corrected chi connectivity index (χ0v) is 19.8. The highest BCUT2D eigenvalue weighted by Crippen LogP contribution is 2.36. The van der Waals surface area contributed by atoms with Crippen molar-refractivity contribution < 1.29 is 14.4 Å². The SMILES string of the molecule is CCN(CC)c1ccc(-c2nnc(SCc3cc([N+](=O)[O-])cc4c3OCOC4)n2CC)cc1. The molecule has 33 heavy (non-hydrogen) atoms. The fraction of sp³-hybridized carbons (Fsp3) is 0.391. The smallest absolute Gasteiger partial charge is 0.270 e. The summed E-state index contributed by atoms with van der Waals surface area (Å²) < 4.78 is 13.0. The molecule has 0 aliphatic carbocycles. The Labute approximate surface area is 196 Å². The van der Waals surface area contributed by atoms with Crippen molar-refractivity contribution in [1.29, 1.82) is 0 Å². The van der Waals surface area contributed by atoms with Crippen LogP contribution in [-0.4, -0.2) is 39.6 Å². The van der Waals surface area contributed by atoms with E-state index in [-0.39, 0.29) is 12.5 Å². The van der Waals surface area contributed by atoms with Crippen LogP contribution in [0.2, 0.25) is 0 Å². The molecule has 1 aliphatic rings. The summed E-state index contributed by atoms with van der Waals surface area (Å²) in [6.07, 6.45) is 0. The van der Waals surface area contributed by atoms with Crippen LogP contribution in [0.4, 0.5) is 11.4 Å². The number of fused-ring (bicyclic) bond motifs is 1. The third-order valence-electron chi connectivity index (χ3n) is 5.63. The normalized spacial score (nSPS) is 12.8. The number of thioether (sulfide) groups is 1. The van der Waals surface area contributed by atoms with E-state index in [1.54, 1.807) is 6.07 Å². The standard InChI is InChI=1S/C23H27N5O4S/c1-4-26(5-2)19-9-7-16(8-10-19)22-24-25-23(27(22)6-3)33-14-18-12-20(28(29)30)11-17-13-31-15-32-21(17)18/h7-12H,4-6,13-15H2,1-3H3. The lowest BCUT2D eigenvalue weighted by Gasteiger charge is -2.21. The number of benzene rings is 2. The second-order valence-electron chi connectivity index (χ2n) is 7.52. The van der Waals surface area contributed by atoms with Crippen LogP contribution in [0.3, 0.4) is 0 Å². The third kappa shape index (κ3) is 4.81. The minimum absolute atomic E-state index is 0.0318. The predicted octanol–water partition coefficient (Wildman–Crippen LogP) is 4.88. The molecule has 0 atom stereocenters. The van der Waals surface area contributed by atoms with E-state index >= 15 is 0 Å². The quantitative estimate of drug-likeness (QED) is 0.249. The van der Waals surface area contributed by atoms with Crippen LogP contribution in [-0.2, 0) is 23.6 Å². The monoisotopic (exact) mass is 469 g/mol. The zero-order valence-electron chi connectivity index (χ0n) is 19.0. The van der Waals surface area contributed by atoms with Gasteiger partial charge in [-0.2, -0.15) is 0 Å². The van der Waals surface area contributed by atoms with Gasteiger partial charge in [0.05, 0.1) is 11.5 Å². The van der Waals surface area contributed by atoms with Gasteiger partial charge in [-0.25, -0.2) is 0 Å². The first-order valence-corrected chi connectivity index (χ1v) is 12.0. The van der Waals surface area contributed by atoms with Crippen LogP contribution < -0.4 is 9.64 Å². The molecule has 0 bridgehead atoms. The van der Waals surface area contributed by atoms with E-state index in [2.05, 4.69) is 64.7 Å². The maximum Gasteiger partial charge on any atom is 0.270 e. The van der Waals surface area contributed by atoms with Crippen LogP contribution in [0.25, 0.3) is 11.4 Å². The van der Waals surface area contributed by atoms with Crippen molar-refractivity contribution in [2.45, 2.75) is 44.8 Å². The number of hydrogen-bond donors (Lipinski definition) is 0. The Morgan fingerprint density at radius 1 is 1.15 bits per heavy atom. The molecule has 1 aromatic heterocycles. The number of nitro groups is 1. The molecule has 3 aromatic rings. The van der Waals surface area contributed by atoms with Crippen LogP contribution in [0, 0.1) is 10.1 Å². The van der Waals surface area contributed by atoms with E-state index in [0.717, 1.165) is 35.2 Å². The Hall–Kier alpha value is -3.11. The molecule has 0 spiro atoms. The summed E-state index contributed by atoms with van der Waals surface area (Å²) in [5.74, 6) is 1.94. The summed E-state index contributed by atoms with van der Waals surface area (Å²) in [7, 11) is 0. The lowest BCUT2D eigenvalue weighted by Crippen LogP contribution is -2.21. The first kappa shape index (κ1) is 23.1. The van der Waals surface area contributed by atoms with Gasteiger partial charge in [0.25, 0.3) is 5.69 Å². The minimum Gasteiger partial charge on any atom is -0.467 e. The lowest BCUT2D eigenvalue weighted by atomic mass is 10.1. The largest absolute Gasteiger partial charge is 0.467 e. The molecule has 1 aliphatic heterocycles. The van der Waals surface area contributed by atoms with Crippen LogP contribution in [0.5, 0.6) is 5.75 Å². The van der Waals surface area contributed by atoms with Crippen LogP contribution >= 0.6 is 11.8 Å². The third-order valence-corrected chi connectivity index (χ3v) is 6.64. The zero-order chi connectivity index (χ0) is 23.4. The summed E-state index contributed by atoms with van der Waals surface area (Å²) in [6, 6.07) is 11.4. The number of nitrogens with zero attached hydrogens (tertiary/aromatic N) is 5. The lowest BCUT2D eigenvalue weighted by molar-refractivity contribution is -0.385. The Kier molecular flexibility index (Phi) is 7.14. The molecule has 0 fully saturated rings.